The van der Waals surface area contributed by atoms with Gasteiger partial charge in [-0.1, -0.05) is 60.7 Å². The molecule has 6 nitrogen and oxygen atoms in total. The molecule has 0 spiro atoms. The summed E-state index contributed by atoms with van der Waals surface area (Å²) in [6.07, 6.45) is 0. The summed E-state index contributed by atoms with van der Waals surface area (Å²) in [6, 6.07) is 20.9. The minimum absolute atomic E-state index is 0.134. The van der Waals surface area contributed by atoms with E-state index in [-0.39, 0.29) is 6.04 Å². The third-order valence-electron chi connectivity index (χ3n) is 4.98. The molecule has 3 rings (SSSR count). The molecule has 0 saturated carbocycles. The second-order valence-corrected chi connectivity index (χ2v) is 6.80. The molecule has 1 aliphatic rings. The molecule has 1 saturated heterocycles. The zero-order chi connectivity index (χ0) is 19.8. The largest absolute Gasteiger partial charge is 0.383 e. The van der Waals surface area contributed by atoms with Crippen LogP contribution in [0.25, 0.3) is 0 Å². The topological polar surface area (TPSA) is 61.9 Å². The molecular weight excluding hydrogens is 354 g/mol. The Bertz CT molecular complexity index is 720. The summed E-state index contributed by atoms with van der Waals surface area (Å²) in [5, 5.41) is 2.60. The maximum absolute atomic E-state index is 12.4. The lowest BCUT2D eigenvalue weighted by molar-refractivity contribution is -0.147. The van der Waals surface area contributed by atoms with E-state index < -0.39 is 11.8 Å². The highest BCUT2D eigenvalue weighted by atomic mass is 16.5. The summed E-state index contributed by atoms with van der Waals surface area (Å²) in [7, 11) is 1.56. The molecule has 1 heterocycles. The number of amides is 2. The molecule has 148 valence electrons. The van der Waals surface area contributed by atoms with Crippen molar-refractivity contribution in [2.24, 2.45) is 0 Å². The van der Waals surface area contributed by atoms with Gasteiger partial charge in [0.05, 0.1) is 12.6 Å². The summed E-state index contributed by atoms with van der Waals surface area (Å²) < 4.78 is 4.90. The zero-order valence-corrected chi connectivity index (χ0v) is 16.2. The van der Waals surface area contributed by atoms with Crippen LogP contribution in [0, 0.1) is 0 Å². The van der Waals surface area contributed by atoms with Crippen LogP contribution in [0.2, 0.25) is 0 Å². The number of rotatable bonds is 6. The number of methoxy groups -OCH3 is 1. The summed E-state index contributed by atoms with van der Waals surface area (Å²) in [5.74, 6) is -1.03. The number of ether oxygens (including phenoxy) is 1. The van der Waals surface area contributed by atoms with Crippen molar-refractivity contribution in [1.82, 2.24) is 15.1 Å². The molecule has 0 radical (unpaired) electrons. The summed E-state index contributed by atoms with van der Waals surface area (Å²) in [5.41, 5.74) is 2.46. The quantitative estimate of drug-likeness (QED) is 0.611. The van der Waals surface area contributed by atoms with E-state index in [9.17, 15) is 9.59 Å². The van der Waals surface area contributed by atoms with Gasteiger partial charge in [-0.05, 0) is 11.1 Å². The van der Waals surface area contributed by atoms with Crippen LogP contribution in [-0.2, 0) is 14.3 Å². The lowest BCUT2D eigenvalue weighted by Crippen LogP contribution is -2.53. The van der Waals surface area contributed by atoms with Crippen LogP contribution in [0.15, 0.2) is 60.7 Å². The van der Waals surface area contributed by atoms with Crippen molar-refractivity contribution in [3.8, 4) is 0 Å². The van der Waals surface area contributed by atoms with E-state index in [0.717, 1.165) is 0 Å². The van der Waals surface area contributed by atoms with Gasteiger partial charge in [0.15, 0.2) is 0 Å². The Morgan fingerprint density at radius 2 is 1.46 bits per heavy atom. The van der Waals surface area contributed by atoms with Crippen molar-refractivity contribution >= 4 is 11.8 Å². The van der Waals surface area contributed by atoms with Crippen LogP contribution >= 0.6 is 0 Å². The molecule has 2 amide bonds. The van der Waals surface area contributed by atoms with Crippen LogP contribution in [-0.4, -0.2) is 68.1 Å². The van der Waals surface area contributed by atoms with Gasteiger partial charge in [-0.3, -0.25) is 14.5 Å². The average Bonchev–Trinajstić information content (AvgIpc) is 2.75. The second kappa shape index (κ2) is 10.0. The standard InChI is InChI=1S/C22H27N3O3/c1-28-17-12-23-21(26)22(27)25-15-13-24(14-16-25)20(18-8-4-2-5-9-18)19-10-6-3-7-11-19/h2-11,20H,12-17H2,1H3,(H,23,26). The number of hydrogen-bond donors (Lipinski definition) is 1. The van der Waals surface area contributed by atoms with E-state index in [1.165, 1.54) is 11.1 Å². The predicted octanol–water partition coefficient (Wildman–Crippen LogP) is 1.68. The van der Waals surface area contributed by atoms with E-state index in [4.69, 9.17) is 4.74 Å². The molecule has 0 atom stereocenters. The molecule has 0 aromatic heterocycles. The normalized spacial score (nSPS) is 14.9. The number of nitrogens with zero attached hydrogens (tertiary/aromatic N) is 2. The van der Waals surface area contributed by atoms with Gasteiger partial charge >= 0.3 is 11.8 Å². The van der Waals surface area contributed by atoms with Crippen molar-refractivity contribution in [3.63, 3.8) is 0 Å². The van der Waals surface area contributed by atoms with Crippen molar-refractivity contribution in [1.29, 1.82) is 0 Å². The SMILES string of the molecule is COCCNC(=O)C(=O)N1CCN(C(c2ccccc2)c2ccccc2)CC1. The van der Waals surface area contributed by atoms with Gasteiger partial charge in [0.1, 0.15) is 0 Å². The van der Waals surface area contributed by atoms with Gasteiger partial charge in [0.2, 0.25) is 0 Å². The van der Waals surface area contributed by atoms with Crippen LogP contribution < -0.4 is 5.32 Å². The van der Waals surface area contributed by atoms with Crippen molar-refractivity contribution in [2.45, 2.75) is 6.04 Å². The number of carbonyl (C=O) groups is 2. The van der Waals surface area contributed by atoms with Crippen LogP contribution in [0.1, 0.15) is 17.2 Å². The molecule has 2 aromatic carbocycles. The Hall–Kier alpha value is -2.70. The number of carbonyl (C=O) groups excluding carboxylic acids is 2. The van der Waals surface area contributed by atoms with Crippen molar-refractivity contribution < 1.29 is 14.3 Å². The summed E-state index contributed by atoms with van der Waals surface area (Å²) in [6.45, 7) is 3.23. The van der Waals surface area contributed by atoms with Gasteiger partial charge in [-0.15, -0.1) is 0 Å². The molecule has 1 N–H and O–H groups in total. The van der Waals surface area contributed by atoms with Gasteiger partial charge in [0, 0.05) is 39.8 Å². The van der Waals surface area contributed by atoms with E-state index in [2.05, 4.69) is 58.7 Å². The first-order chi connectivity index (χ1) is 13.7. The highest BCUT2D eigenvalue weighted by Gasteiger charge is 2.30. The third kappa shape index (κ3) is 4.97. The predicted molar refractivity (Wildman–Crippen MR) is 108 cm³/mol. The molecule has 1 fully saturated rings. The fraction of sp³-hybridized carbons (Fsp3) is 0.364. The van der Waals surface area contributed by atoms with Gasteiger partial charge in [0.25, 0.3) is 0 Å². The van der Waals surface area contributed by atoms with Crippen molar-refractivity contribution in [2.75, 3.05) is 46.4 Å². The first kappa shape index (κ1) is 20.0. The Morgan fingerprint density at radius 1 is 0.929 bits per heavy atom. The fourth-order valence-electron chi connectivity index (χ4n) is 3.55. The summed E-state index contributed by atoms with van der Waals surface area (Å²) >= 11 is 0. The van der Waals surface area contributed by atoms with E-state index in [0.29, 0.717) is 39.3 Å². The Labute approximate surface area is 166 Å². The highest BCUT2D eigenvalue weighted by molar-refractivity contribution is 6.35. The monoisotopic (exact) mass is 381 g/mol. The maximum Gasteiger partial charge on any atom is 0.311 e. The number of nitrogens with one attached hydrogen (secondary N) is 1. The first-order valence-electron chi connectivity index (χ1n) is 9.60. The molecule has 0 aliphatic carbocycles. The van der Waals surface area contributed by atoms with Crippen molar-refractivity contribution in [3.05, 3.63) is 71.8 Å². The fourth-order valence-corrected chi connectivity index (χ4v) is 3.55. The number of piperazine rings is 1. The molecule has 6 heteroatoms. The minimum Gasteiger partial charge on any atom is -0.383 e. The lowest BCUT2D eigenvalue weighted by atomic mass is 9.96. The highest BCUT2D eigenvalue weighted by Crippen LogP contribution is 2.29. The molecule has 0 bridgehead atoms. The van der Waals surface area contributed by atoms with E-state index in [1.807, 2.05) is 12.1 Å². The van der Waals surface area contributed by atoms with Gasteiger partial charge < -0.3 is 15.0 Å². The summed E-state index contributed by atoms with van der Waals surface area (Å²) in [4.78, 5) is 28.4. The third-order valence-corrected chi connectivity index (χ3v) is 4.98. The molecular formula is C22H27N3O3. The number of hydrogen-bond acceptors (Lipinski definition) is 4. The maximum atomic E-state index is 12.4. The van der Waals surface area contributed by atoms with Crippen LogP contribution in [0.3, 0.4) is 0 Å². The molecule has 28 heavy (non-hydrogen) atoms. The molecule has 1 aliphatic heterocycles. The Morgan fingerprint density at radius 3 is 1.96 bits per heavy atom. The van der Waals surface area contributed by atoms with Crippen LogP contribution in [0.5, 0.6) is 0 Å². The molecule has 2 aromatic rings. The Kier molecular flexibility index (Phi) is 7.17. The van der Waals surface area contributed by atoms with Gasteiger partial charge in [-0.2, -0.15) is 0 Å². The van der Waals surface area contributed by atoms with E-state index >= 15 is 0 Å². The van der Waals surface area contributed by atoms with Gasteiger partial charge in [-0.25, -0.2) is 0 Å². The average molecular weight is 381 g/mol. The lowest BCUT2D eigenvalue weighted by Gasteiger charge is -2.39. The second-order valence-electron chi connectivity index (χ2n) is 6.80. The molecule has 0 unspecified atom stereocenters. The van der Waals surface area contributed by atoms with Crippen LogP contribution in [0.4, 0.5) is 0 Å². The first-order valence-corrected chi connectivity index (χ1v) is 9.60. The Balaban J connectivity index is 1.66. The smallest absolute Gasteiger partial charge is 0.311 e. The zero-order valence-electron chi connectivity index (χ0n) is 16.2. The van der Waals surface area contributed by atoms with E-state index in [1.54, 1.807) is 12.0 Å². The number of benzene rings is 2. The minimum atomic E-state index is -0.562.